The van der Waals surface area contributed by atoms with Gasteiger partial charge >= 0.3 is 0 Å². The molecule has 0 aliphatic carbocycles. The number of rotatable bonds is 10. The lowest BCUT2D eigenvalue weighted by Crippen LogP contribution is -2.16. The van der Waals surface area contributed by atoms with E-state index in [4.69, 9.17) is 4.74 Å². The van der Waals surface area contributed by atoms with Crippen LogP contribution in [0.2, 0.25) is 0 Å². The summed E-state index contributed by atoms with van der Waals surface area (Å²) in [5.41, 5.74) is 0.979. The maximum atomic E-state index is 12.5. The highest BCUT2D eigenvalue weighted by atomic mass is 19.3. The molecule has 0 saturated carbocycles. The van der Waals surface area contributed by atoms with Gasteiger partial charge in [0.2, 0.25) is 0 Å². The normalized spacial score (nSPS) is 11.2. The minimum atomic E-state index is -2.40. The number of hydrogen-bond donors (Lipinski definition) is 1. The van der Waals surface area contributed by atoms with Gasteiger partial charge in [-0.1, -0.05) is 31.5 Å². The summed E-state index contributed by atoms with van der Waals surface area (Å²) in [6, 6.07) is 6.54. The van der Waals surface area contributed by atoms with Crippen molar-refractivity contribution < 1.29 is 13.5 Å². The lowest BCUT2D eigenvalue weighted by atomic mass is 10.1. The number of ether oxygens (including phenoxy) is 1. The molecule has 0 unspecified atom stereocenters. The molecule has 2 nitrogen and oxygen atoms in total. The maximum Gasteiger partial charge on any atom is 0.263 e. The molecule has 0 atom stereocenters. The fraction of sp³-hybridized carbons (Fsp3) is 0.600. The van der Waals surface area contributed by atoms with Gasteiger partial charge in [0.05, 0.1) is 0 Å². The van der Waals surface area contributed by atoms with Crippen LogP contribution in [0, 0.1) is 0 Å². The van der Waals surface area contributed by atoms with Crippen LogP contribution in [0.15, 0.2) is 24.3 Å². The molecule has 1 aromatic carbocycles. The van der Waals surface area contributed by atoms with Crippen molar-refractivity contribution in [2.75, 3.05) is 19.8 Å². The standard InChI is InChI=1S/C15H23F2NO/c1-2-3-9-19-10-5-8-18-12-13-6-4-7-14(11-13)15(16)17/h4,6-7,11,15,18H,2-3,5,8-10,12H2,1H3. The van der Waals surface area contributed by atoms with Crippen molar-refractivity contribution >= 4 is 0 Å². The monoisotopic (exact) mass is 271 g/mol. The van der Waals surface area contributed by atoms with Crippen LogP contribution in [0.3, 0.4) is 0 Å². The molecule has 0 heterocycles. The summed E-state index contributed by atoms with van der Waals surface area (Å²) in [6.45, 7) is 5.18. The van der Waals surface area contributed by atoms with Gasteiger partial charge in [0.1, 0.15) is 0 Å². The van der Waals surface area contributed by atoms with Crippen molar-refractivity contribution in [3.05, 3.63) is 35.4 Å². The van der Waals surface area contributed by atoms with Gasteiger partial charge in [-0.25, -0.2) is 8.78 Å². The molecule has 4 heteroatoms. The van der Waals surface area contributed by atoms with Crippen molar-refractivity contribution in [3.8, 4) is 0 Å². The SMILES string of the molecule is CCCCOCCCNCc1cccc(C(F)F)c1. The topological polar surface area (TPSA) is 21.3 Å². The average Bonchev–Trinajstić information content (AvgIpc) is 2.42. The Balaban J connectivity index is 2.10. The molecule has 0 radical (unpaired) electrons. The maximum absolute atomic E-state index is 12.5. The van der Waals surface area contributed by atoms with Crippen LogP contribution in [-0.4, -0.2) is 19.8 Å². The molecule has 0 aliphatic heterocycles. The van der Waals surface area contributed by atoms with E-state index in [0.29, 0.717) is 6.54 Å². The predicted molar refractivity (Wildman–Crippen MR) is 73.4 cm³/mol. The molecule has 0 bridgehead atoms. The van der Waals surface area contributed by atoms with E-state index >= 15 is 0 Å². The van der Waals surface area contributed by atoms with Gasteiger partial charge < -0.3 is 10.1 Å². The Hall–Kier alpha value is -1.00. The fourth-order valence-electron chi connectivity index (χ4n) is 1.72. The second kappa shape index (κ2) is 9.87. The molecule has 1 rings (SSSR count). The second-order valence-electron chi connectivity index (χ2n) is 4.54. The highest BCUT2D eigenvalue weighted by Crippen LogP contribution is 2.19. The first-order valence-corrected chi connectivity index (χ1v) is 6.89. The first-order valence-electron chi connectivity index (χ1n) is 6.89. The van der Waals surface area contributed by atoms with Crippen LogP contribution in [0.25, 0.3) is 0 Å². The molecule has 0 spiro atoms. The Kier molecular flexibility index (Phi) is 8.34. The van der Waals surface area contributed by atoms with Crippen LogP contribution < -0.4 is 5.32 Å². The molecule has 1 aromatic rings. The lowest BCUT2D eigenvalue weighted by molar-refractivity contribution is 0.129. The van der Waals surface area contributed by atoms with Crippen LogP contribution in [0.5, 0.6) is 0 Å². The van der Waals surface area contributed by atoms with E-state index in [0.717, 1.165) is 44.6 Å². The van der Waals surface area contributed by atoms with Crippen LogP contribution in [-0.2, 0) is 11.3 Å². The van der Waals surface area contributed by atoms with Crippen molar-refractivity contribution in [2.24, 2.45) is 0 Å². The minimum absolute atomic E-state index is 0.0854. The number of hydrogen-bond acceptors (Lipinski definition) is 2. The fourth-order valence-corrected chi connectivity index (χ4v) is 1.72. The number of halogens is 2. The van der Waals surface area contributed by atoms with E-state index in [1.807, 2.05) is 6.07 Å². The first kappa shape index (κ1) is 16.1. The summed E-state index contributed by atoms with van der Waals surface area (Å²) < 4.78 is 30.4. The summed E-state index contributed by atoms with van der Waals surface area (Å²) in [5.74, 6) is 0. The van der Waals surface area contributed by atoms with E-state index in [-0.39, 0.29) is 5.56 Å². The van der Waals surface area contributed by atoms with E-state index in [2.05, 4.69) is 12.2 Å². The zero-order chi connectivity index (χ0) is 13.9. The summed E-state index contributed by atoms with van der Waals surface area (Å²) >= 11 is 0. The number of nitrogens with one attached hydrogen (secondary N) is 1. The number of alkyl halides is 2. The summed E-state index contributed by atoms with van der Waals surface area (Å²) in [5, 5.41) is 3.23. The predicted octanol–water partition coefficient (Wildman–Crippen LogP) is 3.92. The Bertz CT molecular complexity index is 345. The zero-order valence-corrected chi connectivity index (χ0v) is 11.5. The number of unbranched alkanes of at least 4 members (excludes halogenated alkanes) is 1. The smallest absolute Gasteiger partial charge is 0.263 e. The molecule has 0 saturated heterocycles. The Labute approximate surface area is 114 Å². The minimum Gasteiger partial charge on any atom is -0.381 e. The molecule has 0 aliphatic rings. The van der Waals surface area contributed by atoms with E-state index in [1.54, 1.807) is 12.1 Å². The first-order chi connectivity index (χ1) is 9.24. The van der Waals surface area contributed by atoms with Crippen molar-refractivity contribution in [3.63, 3.8) is 0 Å². The second-order valence-corrected chi connectivity index (χ2v) is 4.54. The third-order valence-corrected chi connectivity index (χ3v) is 2.82. The molecule has 1 N–H and O–H groups in total. The van der Waals surface area contributed by atoms with E-state index in [9.17, 15) is 8.78 Å². The van der Waals surface area contributed by atoms with Gasteiger partial charge in [-0.15, -0.1) is 0 Å². The van der Waals surface area contributed by atoms with Gasteiger partial charge in [0.15, 0.2) is 0 Å². The summed E-state index contributed by atoms with van der Waals surface area (Å²) in [7, 11) is 0. The van der Waals surface area contributed by atoms with Crippen molar-refractivity contribution in [1.29, 1.82) is 0 Å². The molecular formula is C15H23F2NO. The Morgan fingerprint density at radius 2 is 2.00 bits per heavy atom. The molecule has 0 aromatic heterocycles. The third-order valence-electron chi connectivity index (χ3n) is 2.82. The quantitative estimate of drug-likeness (QED) is 0.651. The third kappa shape index (κ3) is 7.23. The van der Waals surface area contributed by atoms with Gasteiger partial charge in [0.25, 0.3) is 6.43 Å². The van der Waals surface area contributed by atoms with Crippen LogP contribution >= 0.6 is 0 Å². The molecule has 0 amide bonds. The van der Waals surface area contributed by atoms with Gasteiger partial charge in [-0.2, -0.15) is 0 Å². The highest BCUT2D eigenvalue weighted by molar-refractivity contribution is 5.24. The molecule has 19 heavy (non-hydrogen) atoms. The summed E-state index contributed by atoms with van der Waals surface area (Å²) in [6.07, 6.45) is 0.803. The average molecular weight is 271 g/mol. The van der Waals surface area contributed by atoms with Gasteiger partial charge in [-0.3, -0.25) is 0 Å². The Morgan fingerprint density at radius 1 is 1.21 bits per heavy atom. The largest absolute Gasteiger partial charge is 0.381 e. The van der Waals surface area contributed by atoms with Crippen LogP contribution in [0.4, 0.5) is 8.78 Å². The summed E-state index contributed by atoms with van der Waals surface area (Å²) in [4.78, 5) is 0. The van der Waals surface area contributed by atoms with Gasteiger partial charge in [0, 0.05) is 25.3 Å². The molecule has 108 valence electrons. The van der Waals surface area contributed by atoms with Crippen molar-refractivity contribution in [2.45, 2.75) is 39.2 Å². The van der Waals surface area contributed by atoms with Crippen LogP contribution in [0.1, 0.15) is 43.7 Å². The zero-order valence-electron chi connectivity index (χ0n) is 11.5. The highest BCUT2D eigenvalue weighted by Gasteiger charge is 2.06. The lowest BCUT2D eigenvalue weighted by Gasteiger charge is -2.07. The molecule has 0 fully saturated rings. The molecular weight excluding hydrogens is 248 g/mol. The van der Waals surface area contributed by atoms with Crippen molar-refractivity contribution in [1.82, 2.24) is 5.32 Å². The number of benzene rings is 1. The van der Waals surface area contributed by atoms with E-state index in [1.165, 1.54) is 6.07 Å². The Morgan fingerprint density at radius 3 is 2.74 bits per heavy atom. The van der Waals surface area contributed by atoms with Gasteiger partial charge in [-0.05, 0) is 31.0 Å². The van der Waals surface area contributed by atoms with E-state index < -0.39 is 6.43 Å².